The van der Waals surface area contributed by atoms with Gasteiger partial charge in [-0.15, -0.1) is 0 Å². The van der Waals surface area contributed by atoms with Crippen LogP contribution in [-0.4, -0.2) is 32.5 Å². The van der Waals surface area contributed by atoms with Gasteiger partial charge >= 0.3 is 5.97 Å². The number of hydrogen-bond acceptors (Lipinski definition) is 3. The van der Waals surface area contributed by atoms with E-state index < -0.39 is 6.17 Å². The van der Waals surface area contributed by atoms with E-state index in [9.17, 15) is 9.18 Å². The molecule has 0 amide bonds. The topological polar surface area (TPSA) is 35.5 Å². The van der Waals surface area contributed by atoms with Crippen molar-refractivity contribution in [1.82, 2.24) is 0 Å². The second kappa shape index (κ2) is 5.17. The molecular weight excluding hydrogens is 175 g/mol. The summed E-state index contributed by atoms with van der Waals surface area (Å²) in [6, 6.07) is 0. The Bertz CT molecular complexity index is 172. The van der Waals surface area contributed by atoms with Crippen molar-refractivity contribution >= 4 is 5.97 Å². The van der Waals surface area contributed by atoms with Crippen molar-refractivity contribution in [2.24, 2.45) is 5.92 Å². The summed E-state index contributed by atoms with van der Waals surface area (Å²) in [6.07, 6.45) is 0.237. The molecule has 1 saturated heterocycles. The summed E-state index contributed by atoms with van der Waals surface area (Å²) >= 11 is 0. The molecule has 4 heteroatoms. The Morgan fingerprint density at radius 3 is 2.92 bits per heavy atom. The number of carbonyl (C=O) groups excluding carboxylic acids is 1. The van der Waals surface area contributed by atoms with Gasteiger partial charge in [0, 0.05) is 25.6 Å². The fourth-order valence-corrected chi connectivity index (χ4v) is 1.48. The smallest absolute Gasteiger partial charge is 0.305 e. The van der Waals surface area contributed by atoms with Gasteiger partial charge in [-0.05, 0) is 6.42 Å². The van der Waals surface area contributed by atoms with E-state index in [2.05, 4.69) is 4.74 Å². The van der Waals surface area contributed by atoms with Crippen LogP contribution in [0.15, 0.2) is 0 Å². The quantitative estimate of drug-likeness (QED) is 0.616. The van der Waals surface area contributed by atoms with E-state index in [1.54, 1.807) is 0 Å². The summed E-state index contributed by atoms with van der Waals surface area (Å²) in [5, 5.41) is 0. The first-order valence-corrected chi connectivity index (χ1v) is 4.52. The van der Waals surface area contributed by atoms with Gasteiger partial charge in [-0.2, -0.15) is 0 Å². The minimum Gasteiger partial charge on any atom is -0.469 e. The average Bonchev–Trinajstić information content (AvgIpc) is 2.32. The van der Waals surface area contributed by atoms with Crippen molar-refractivity contribution in [2.45, 2.75) is 25.4 Å². The molecule has 0 bridgehead atoms. The summed E-state index contributed by atoms with van der Waals surface area (Å²) in [7, 11) is 1.32. The monoisotopic (exact) mass is 190 g/mol. The van der Waals surface area contributed by atoms with Gasteiger partial charge in [-0.3, -0.25) is 4.79 Å². The van der Waals surface area contributed by atoms with E-state index in [1.165, 1.54) is 7.11 Å². The Labute approximate surface area is 77.2 Å². The zero-order chi connectivity index (χ0) is 9.68. The maximum atomic E-state index is 13.3. The van der Waals surface area contributed by atoms with E-state index >= 15 is 0 Å². The van der Waals surface area contributed by atoms with Crippen molar-refractivity contribution in [3.8, 4) is 0 Å². The van der Waals surface area contributed by atoms with Gasteiger partial charge in [0.05, 0.1) is 13.5 Å². The van der Waals surface area contributed by atoms with Crippen molar-refractivity contribution in [3.63, 3.8) is 0 Å². The highest BCUT2D eigenvalue weighted by Gasteiger charge is 2.26. The first-order chi connectivity index (χ1) is 6.24. The standard InChI is InChI=1S/C9H15FO3/c1-12-9(11)6-7-2-4-13-5-3-8(7)10/h7-8H,2-6H2,1H3/t7-,8-/m1/s1. The average molecular weight is 190 g/mol. The minimum atomic E-state index is -0.929. The molecule has 0 aromatic heterocycles. The zero-order valence-corrected chi connectivity index (χ0v) is 7.79. The fraction of sp³-hybridized carbons (Fsp3) is 0.889. The van der Waals surface area contributed by atoms with Crippen molar-refractivity contribution in [1.29, 1.82) is 0 Å². The van der Waals surface area contributed by atoms with Gasteiger partial charge < -0.3 is 9.47 Å². The van der Waals surface area contributed by atoms with Crippen LogP contribution in [0.3, 0.4) is 0 Å². The third kappa shape index (κ3) is 3.30. The molecule has 2 atom stereocenters. The number of halogens is 1. The minimum absolute atomic E-state index is 0.168. The number of alkyl halides is 1. The summed E-state index contributed by atoms with van der Waals surface area (Å²) < 4.78 is 22.9. The first-order valence-electron chi connectivity index (χ1n) is 4.52. The highest BCUT2D eigenvalue weighted by molar-refractivity contribution is 5.69. The maximum absolute atomic E-state index is 13.3. The number of carbonyl (C=O) groups is 1. The lowest BCUT2D eigenvalue weighted by atomic mass is 9.95. The maximum Gasteiger partial charge on any atom is 0.305 e. The third-order valence-corrected chi connectivity index (χ3v) is 2.34. The molecule has 0 aliphatic carbocycles. The summed E-state index contributed by atoms with van der Waals surface area (Å²) in [4.78, 5) is 10.9. The molecule has 0 N–H and O–H groups in total. The van der Waals surface area contributed by atoms with E-state index in [-0.39, 0.29) is 18.3 Å². The molecule has 3 nitrogen and oxygen atoms in total. The van der Waals surface area contributed by atoms with Crippen LogP contribution >= 0.6 is 0 Å². The van der Waals surface area contributed by atoms with Gasteiger partial charge in [0.2, 0.25) is 0 Å². The molecule has 1 fully saturated rings. The van der Waals surface area contributed by atoms with Crippen LogP contribution < -0.4 is 0 Å². The van der Waals surface area contributed by atoms with Crippen LogP contribution in [0.4, 0.5) is 4.39 Å². The highest BCUT2D eigenvalue weighted by atomic mass is 19.1. The van der Waals surface area contributed by atoms with E-state index in [0.29, 0.717) is 26.1 Å². The fourth-order valence-electron chi connectivity index (χ4n) is 1.48. The summed E-state index contributed by atoms with van der Waals surface area (Å²) in [5.41, 5.74) is 0. The summed E-state index contributed by atoms with van der Waals surface area (Å²) in [5.74, 6) is -0.565. The molecule has 0 saturated carbocycles. The zero-order valence-electron chi connectivity index (χ0n) is 7.79. The molecule has 1 aliphatic rings. The van der Waals surface area contributed by atoms with Gasteiger partial charge in [-0.1, -0.05) is 0 Å². The van der Waals surface area contributed by atoms with Crippen LogP contribution in [-0.2, 0) is 14.3 Å². The first kappa shape index (κ1) is 10.4. The molecule has 13 heavy (non-hydrogen) atoms. The Hall–Kier alpha value is -0.640. The van der Waals surface area contributed by atoms with Gasteiger partial charge in [0.1, 0.15) is 6.17 Å². The Balaban J connectivity index is 2.40. The lowest BCUT2D eigenvalue weighted by Crippen LogP contribution is -2.20. The summed E-state index contributed by atoms with van der Waals surface area (Å²) in [6.45, 7) is 1.00. The third-order valence-electron chi connectivity index (χ3n) is 2.34. The Morgan fingerprint density at radius 2 is 2.23 bits per heavy atom. The molecule has 1 rings (SSSR count). The van der Waals surface area contributed by atoms with Crippen molar-refractivity contribution in [3.05, 3.63) is 0 Å². The van der Waals surface area contributed by atoms with Crippen LogP contribution in [0.2, 0.25) is 0 Å². The molecule has 1 heterocycles. The largest absolute Gasteiger partial charge is 0.469 e. The van der Waals surface area contributed by atoms with Crippen LogP contribution in [0, 0.1) is 5.92 Å². The predicted molar refractivity (Wildman–Crippen MR) is 45.1 cm³/mol. The molecule has 0 spiro atoms. The SMILES string of the molecule is COC(=O)C[C@H]1CCOCC[C@H]1F. The highest BCUT2D eigenvalue weighted by Crippen LogP contribution is 2.23. The van der Waals surface area contributed by atoms with E-state index in [1.807, 2.05) is 0 Å². The second-order valence-electron chi connectivity index (χ2n) is 3.25. The Morgan fingerprint density at radius 1 is 1.54 bits per heavy atom. The van der Waals surface area contributed by atoms with E-state index in [4.69, 9.17) is 4.74 Å². The van der Waals surface area contributed by atoms with Crippen molar-refractivity contribution < 1.29 is 18.7 Å². The predicted octanol–water partition coefficient (Wildman–Crippen LogP) is 1.31. The van der Waals surface area contributed by atoms with Crippen LogP contribution in [0.1, 0.15) is 19.3 Å². The lowest BCUT2D eigenvalue weighted by Gasteiger charge is -2.15. The molecule has 1 aliphatic heterocycles. The van der Waals surface area contributed by atoms with E-state index in [0.717, 1.165) is 0 Å². The molecule has 76 valence electrons. The second-order valence-corrected chi connectivity index (χ2v) is 3.25. The number of esters is 1. The number of ether oxygens (including phenoxy) is 2. The molecule has 0 aromatic carbocycles. The number of methoxy groups -OCH3 is 1. The molecule has 0 unspecified atom stereocenters. The van der Waals surface area contributed by atoms with Crippen LogP contribution in [0.25, 0.3) is 0 Å². The van der Waals surface area contributed by atoms with Crippen LogP contribution in [0.5, 0.6) is 0 Å². The number of rotatable bonds is 2. The van der Waals surface area contributed by atoms with Crippen molar-refractivity contribution in [2.75, 3.05) is 20.3 Å². The normalized spacial score (nSPS) is 29.4. The number of hydrogen-bond donors (Lipinski definition) is 0. The van der Waals surface area contributed by atoms with Gasteiger partial charge in [-0.25, -0.2) is 4.39 Å². The molecular formula is C9H15FO3. The Kier molecular flexibility index (Phi) is 4.15. The molecule has 0 aromatic rings. The lowest BCUT2D eigenvalue weighted by molar-refractivity contribution is -0.142. The molecule has 0 radical (unpaired) electrons. The van der Waals surface area contributed by atoms with Gasteiger partial charge in [0.25, 0.3) is 0 Å². The van der Waals surface area contributed by atoms with Gasteiger partial charge in [0.15, 0.2) is 0 Å².